The van der Waals surface area contributed by atoms with Crippen LogP contribution in [0.25, 0.3) is 0 Å². The molecule has 0 spiro atoms. The molecular weight excluding hydrogens is 262 g/mol. The molecular formula is C17H23N3O. The highest BCUT2D eigenvalue weighted by atomic mass is 16.2. The topological polar surface area (TPSA) is 70.1 Å². The van der Waals surface area contributed by atoms with Crippen LogP contribution >= 0.6 is 0 Å². The standard InChI is InChI=1S/C17H23N3O/c1-2-20(13-15-9-5-4-8-14(15)12-18)16(21)17(19)10-6-3-7-11-17/h4-5,8-9H,2-3,6-7,10-11,13,19H2,1H3. The fourth-order valence-corrected chi connectivity index (χ4v) is 3.01. The van der Waals surface area contributed by atoms with Crippen LogP contribution in [-0.4, -0.2) is 22.9 Å². The summed E-state index contributed by atoms with van der Waals surface area (Å²) in [7, 11) is 0. The van der Waals surface area contributed by atoms with E-state index in [1.165, 1.54) is 0 Å². The first-order chi connectivity index (χ1) is 10.1. The number of hydrogen-bond acceptors (Lipinski definition) is 3. The van der Waals surface area contributed by atoms with Gasteiger partial charge in [-0.15, -0.1) is 0 Å². The highest BCUT2D eigenvalue weighted by Crippen LogP contribution is 2.28. The normalized spacial score (nSPS) is 17.0. The van der Waals surface area contributed by atoms with Crippen LogP contribution in [0.15, 0.2) is 24.3 Å². The number of hydrogen-bond donors (Lipinski definition) is 1. The van der Waals surface area contributed by atoms with Gasteiger partial charge in [-0.2, -0.15) is 5.26 Å². The Bertz CT molecular complexity index is 541. The Balaban J connectivity index is 2.16. The lowest BCUT2D eigenvalue weighted by Crippen LogP contribution is -2.56. The summed E-state index contributed by atoms with van der Waals surface area (Å²) in [6.07, 6.45) is 4.74. The number of nitriles is 1. The van der Waals surface area contributed by atoms with Crippen LogP contribution in [0.3, 0.4) is 0 Å². The molecule has 1 aliphatic carbocycles. The van der Waals surface area contributed by atoms with Crippen LogP contribution in [0.1, 0.15) is 50.2 Å². The minimum atomic E-state index is -0.712. The van der Waals surface area contributed by atoms with Gasteiger partial charge in [0.15, 0.2) is 0 Å². The first-order valence-electron chi connectivity index (χ1n) is 7.67. The van der Waals surface area contributed by atoms with Crippen LogP contribution < -0.4 is 5.73 Å². The number of amides is 1. The third-order valence-electron chi connectivity index (χ3n) is 4.34. The van der Waals surface area contributed by atoms with Gasteiger partial charge >= 0.3 is 0 Å². The fraction of sp³-hybridized carbons (Fsp3) is 0.529. The summed E-state index contributed by atoms with van der Waals surface area (Å²) in [5.41, 5.74) is 7.14. The van der Waals surface area contributed by atoms with E-state index in [1.54, 1.807) is 11.0 Å². The third kappa shape index (κ3) is 3.43. The van der Waals surface area contributed by atoms with Gasteiger partial charge in [0.2, 0.25) is 5.91 Å². The van der Waals surface area contributed by atoms with Gasteiger partial charge in [-0.25, -0.2) is 0 Å². The summed E-state index contributed by atoms with van der Waals surface area (Å²) in [5, 5.41) is 9.16. The fourth-order valence-electron chi connectivity index (χ4n) is 3.01. The SMILES string of the molecule is CCN(Cc1ccccc1C#N)C(=O)C1(N)CCCCC1. The summed E-state index contributed by atoms with van der Waals surface area (Å²) in [6.45, 7) is 3.02. The van der Waals surface area contributed by atoms with E-state index in [2.05, 4.69) is 6.07 Å². The summed E-state index contributed by atoms with van der Waals surface area (Å²) in [5.74, 6) is 0.0254. The molecule has 0 aliphatic heterocycles. The van der Waals surface area contributed by atoms with E-state index in [-0.39, 0.29) is 5.91 Å². The molecule has 112 valence electrons. The van der Waals surface area contributed by atoms with Crippen molar-refractivity contribution in [3.63, 3.8) is 0 Å². The van der Waals surface area contributed by atoms with Gasteiger partial charge in [-0.1, -0.05) is 37.5 Å². The summed E-state index contributed by atoms with van der Waals surface area (Å²) in [6, 6.07) is 9.60. The maximum absolute atomic E-state index is 12.8. The largest absolute Gasteiger partial charge is 0.337 e. The number of benzene rings is 1. The zero-order valence-electron chi connectivity index (χ0n) is 12.6. The first kappa shape index (κ1) is 15.5. The van der Waals surface area contributed by atoms with E-state index < -0.39 is 5.54 Å². The van der Waals surface area contributed by atoms with Crippen LogP contribution in [0.5, 0.6) is 0 Å². The Morgan fingerprint density at radius 2 is 2.00 bits per heavy atom. The highest BCUT2D eigenvalue weighted by molar-refractivity contribution is 5.86. The van der Waals surface area contributed by atoms with E-state index in [0.29, 0.717) is 18.7 Å². The molecule has 1 fully saturated rings. The van der Waals surface area contributed by atoms with Gasteiger partial charge in [0.05, 0.1) is 17.2 Å². The second-order valence-corrected chi connectivity index (χ2v) is 5.81. The number of nitrogens with zero attached hydrogens (tertiary/aromatic N) is 2. The molecule has 21 heavy (non-hydrogen) atoms. The number of likely N-dealkylation sites (N-methyl/N-ethyl adjacent to an activating group) is 1. The molecule has 4 nitrogen and oxygen atoms in total. The van der Waals surface area contributed by atoms with Crippen molar-refractivity contribution in [3.8, 4) is 6.07 Å². The van der Waals surface area contributed by atoms with Gasteiger partial charge in [0, 0.05) is 13.1 Å². The van der Waals surface area contributed by atoms with E-state index in [9.17, 15) is 4.79 Å². The number of rotatable bonds is 4. The Kier molecular flexibility index (Phi) is 4.98. The molecule has 1 aromatic rings. The smallest absolute Gasteiger partial charge is 0.242 e. The highest BCUT2D eigenvalue weighted by Gasteiger charge is 2.37. The van der Waals surface area contributed by atoms with Crippen LogP contribution in [0.4, 0.5) is 0 Å². The van der Waals surface area contributed by atoms with Crippen molar-refractivity contribution in [2.75, 3.05) is 6.54 Å². The van der Waals surface area contributed by atoms with Gasteiger partial charge in [-0.05, 0) is 31.4 Å². The summed E-state index contributed by atoms with van der Waals surface area (Å²) >= 11 is 0. The molecule has 0 heterocycles. The number of carbonyl (C=O) groups is 1. The van der Waals surface area contributed by atoms with Crippen molar-refractivity contribution in [3.05, 3.63) is 35.4 Å². The lowest BCUT2D eigenvalue weighted by molar-refractivity contribution is -0.138. The van der Waals surface area contributed by atoms with Crippen molar-refractivity contribution in [2.45, 2.75) is 51.1 Å². The van der Waals surface area contributed by atoms with Crippen molar-refractivity contribution >= 4 is 5.91 Å². The van der Waals surface area contributed by atoms with Crippen LogP contribution in [-0.2, 0) is 11.3 Å². The lowest BCUT2D eigenvalue weighted by atomic mass is 9.81. The average molecular weight is 285 g/mol. The Hall–Kier alpha value is -1.86. The predicted octanol–water partition coefficient (Wildman–Crippen LogP) is 2.57. The molecule has 0 saturated heterocycles. The quantitative estimate of drug-likeness (QED) is 0.924. The first-order valence-corrected chi connectivity index (χ1v) is 7.67. The third-order valence-corrected chi connectivity index (χ3v) is 4.34. The summed E-state index contributed by atoms with van der Waals surface area (Å²) in [4.78, 5) is 14.6. The lowest BCUT2D eigenvalue weighted by Gasteiger charge is -2.36. The van der Waals surface area contributed by atoms with E-state index in [0.717, 1.165) is 37.7 Å². The monoisotopic (exact) mass is 285 g/mol. The van der Waals surface area contributed by atoms with Crippen LogP contribution in [0.2, 0.25) is 0 Å². The van der Waals surface area contributed by atoms with Gasteiger partial charge in [-0.3, -0.25) is 4.79 Å². The molecule has 1 amide bonds. The van der Waals surface area contributed by atoms with E-state index >= 15 is 0 Å². The Morgan fingerprint density at radius 3 is 2.62 bits per heavy atom. The van der Waals surface area contributed by atoms with Crippen molar-refractivity contribution < 1.29 is 4.79 Å². The van der Waals surface area contributed by atoms with Crippen molar-refractivity contribution in [2.24, 2.45) is 5.73 Å². The van der Waals surface area contributed by atoms with E-state index in [4.69, 9.17) is 11.0 Å². The predicted molar refractivity (Wildman–Crippen MR) is 82.3 cm³/mol. The minimum Gasteiger partial charge on any atom is -0.337 e. The Labute approximate surface area is 126 Å². The van der Waals surface area contributed by atoms with Crippen molar-refractivity contribution in [1.29, 1.82) is 5.26 Å². The molecule has 1 aromatic carbocycles. The second-order valence-electron chi connectivity index (χ2n) is 5.81. The molecule has 0 aromatic heterocycles. The average Bonchev–Trinajstić information content (AvgIpc) is 2.53. The molecule has 4 heteroatoms. The van der Waals surface area contributed by atoms with Gasteiger partial charge in [0.1, 0.15) is 0 Å². The number of nitrogens with two attached hydrogens (primary N) is 1. The molecule has 0 unspecified atom stereocenters. The molecule has 0 atom stereocenters. The summed E-state index contributed by atoms with van der Waals surface area (Å²) < 4.78 is 0. The van der Waals surface area contributed by atoms with Crippen LogP contribution in [0, 0.1) is 11.3 Å². The molecule has 1 aliphatic rings. The molecule has 2 rings (SSSR count). The molecule has 1 saturated carbocycles. The zero-order valence-corrected chi connectivity index (χ0v) is 12.6. The van der Waals surface area contributed by atoms with E-state index in [1.807, 2.05) is 25.1 Å². The maximum Gasteiger partial charge on any atom is 0.242 e. The number of carbonyl (C=O) groups excluding carboxylic acids is 1. The molecule has 2 N–H and O–H groups in total. The second kappa shape index (κ2) is 6.73. The van der Waals surface area contributed by atoms with Crippen molar-refractivity contribution in [1.82, 2.24) is 4.90 Å². The zero-order chi connectivity index (χ0) is 15.3. The molecule has 0 bridgehead atoms. The minimum absolute atomic E-state index is 0.0254. The Morgan fingerprint density at radius 1 is 1.33 bits per heavy atom. The molecule has 0 radical (unpaired) electrons. The van der Waals surface area contributed by atoms with Gasteiger partial charge in [0.25, 0.3) is 0 Å². The maximum atomic E-state index is 12.8. The van der Waals surface area contributed by atoms with Gasteiger partial charge < -0.3 is 10.6 Å².